The average Bonchev–Trinajstić information content (AvgIpc) is 3.45. The van der Waals surface area contributed by atoms with Crippen LogP contribution in [0.4, 0.5) is 0 Å². The van der Waals surface area contributed by atoms with Crippen molar-refractivity contribution in [2.24, 2.45) is 28.2 Å². The van der Waals surface area contributed by atoms with E-state index in [1.54, 1.807) is 6.07 Å². The summed E-state index contributed by atoms with van der Waals surface area (Å²) < 4.78 is 32.2. The molecule has 382 valence electrons. The Morgan fingerprint density at radius 1 is 0.286 bits per heavy atom. The highest BCUT2D eigenvalue weighted by Crippen LogP contribution is 2.29. The minimum Gasteiger partial charge on any atom is -0.200 e. The molecule has 4 heterocycles. The molecule has 0 saturated heterocycles. The first-order valence-electron chi connectivity index (χ1n) is 28.1. The maximum atomic E-state index is 7.78. The zero-order valence-corrected chi connectivity index (χ0v) is 47.0. The van der Waals surface area contributed by atoms with E-state index >= 15 is 0 Å². The van der Waals surface area contributed by atoms with Crippen molar-refractivity contribution in [2.45, 2.75) is 62.2 Å². The Bertz CT molecular complexity index is 4270. The van der Waals surface area contributed by atoms with E-state index in [-0.39, 0.29) is 0 Å². The van der Waals surface area contributed by atoms with Crippen LogP contribution in [0.2, 0.25) is 0 Å². The van der Waals surface area contributed by atoms with Crippen LogP contribution in [0.5, 0.6) is 0 Å². The van der Waals surface area contributed by atoms with Crippen LogP contribution in [0.15, 0.2) is 212 Å². The number of aromatic nitrogens is 4. The normalized spacial score (nSPS) is 11.7. The highest BCUT2D eigenvalue weighted by molar-refractivity contribution is 5.85. The molecule has 0 bridgehead atoms. The van der Waals surface area contributed by atoms with Crippen LogP contribution in [-0.2, 0) is 28.2 Å². The van der Waals surface area contributed by atoms with Crippen molar-refractivity contribution < 1.29 is 22.4 Å². The number of hydrogen-bond acceptors (Lipinski definition) is 0. The van der Waals surface area contributed by atoms with Crippen LogP contribution in [0.1, 0.15) is 54.2 Å². The van der Waals surface area contributed by atoms with Gasteiger partial charge in [-0.2, -0.15) is 13.7 Å². The highest BCUT2D eigenvalue weighted by Gasteiger charge is 2.19. The molecule has 8 aromatic carbocycles. The first-order valence-corrected chi connectivity index (χ1v) is 26.6. The summed E-state index contributed by atoms with van der Waals surface area (Å²) in [6.45, 7) is 14.8. The summed E-state index contributed by atoms with van der Waals surface area (Å²) in [7, 11) is 8.41. The summed E-state index contributed by atoms with van der Waals surface area (Å²) in [5.74, 6) is 0. The topological polar surface area (TPSA) is 15.5 Å². The van der Waals surface area contributed by atoms with Gasteiger partial charge >= 0.3 is 0 Å². The molecular weight excluding hydrogens is 933 g/mol. The molecule has 4 heteroatoms. The molecule has 12 aromatic rings. The van der Waals surface area contributed by atoms with E-state index in [9.17, 15) is 0 Å². The molecule has 0 amide bonds. The van der Waals surface area contributed by atoms with Crippen LogP contribution in [-0.4, -0.2) is 0 Å². The largest absolute Gasteiger partial charge is 0.213 e. The first kappa shape index (κ1) is 49.3. The van der Waals surface area contributed by atoms with Gasteiger partial charge in [-0.1, -0.05) is 114 Å². The fourth-order valence-corrected chi connectivity index (χ4v) is 10.8. The van der Waals surface area contributed by atoms with Gasteiger partial charge in [-0.15, -0.1) is 0 Å². The van der Waals surface area contributed by atoms with Gasteiger partial charge in [0.15, 0.2) is 6.20 Å². The lowest BCUT2D eigenvalue weighted by Crippen LogP contribution is -2.32. The van der Waals surface area contributed by atoms with E-state index in [0.717, 1.165) is 27.8 Å². The molecule has 0 aliphatic heterocycles. The number of pyridine rings is 4. The number of fused-ring (bicyclic) bond motifs is 4. The number of rotatable bonds is 4. The van der Waals surface area contributed by atoms with Gasteiger partial charge in [0, 0.05) is 90.4 Å². The molecule has 0 N–H and O–H groups in total. The van der Waals surface area contributed by atoms with Gasteiger partial charge in [0.05, 0.1) is 0 Å². The fraction of sp³-hybridized carbons (Fsp3) is 0.178. The predicted octanol–water partition coefficient (Wildman–Crippen LogP) is 16.1. The van der Waals surface area contributed by atoms with Crippen LogP contribution in [0, 0.1) is 62.2 Å². The second-order valence-electron chi connectivity index (χ2n) is 20.8. The number of para-hydroxylation sites is 3. The van der Waals surface area contributed by atoms with E-state index < -0.39 is 6.85 Å². The standard InChI is InChI=1S/2C19H20N.C18H18N.C17H16N/c1-13-9-14(2)15(3)18(10-13)19-11-16-7-5-6-8-17(16)12-20(19)4;1-13-11-14(2)15(3)17(12-13)19-10-9-16-7-5-6-8-18(16)20(19)4;1-13-8-10-16(14(2)12-13)18-11-9-15-6-4-5-7-17(15)19(18)3;1-13-7-3-5-9-15(13)17-12-11-14-8-4-6-10-16(14)18(17)2/h2*5-12H,1-4H3;4-12H,1-3H3;3-12H,1-2H3/q4*+1/i2D3;;;. The van der Waals surface area contributed by atoms with Crippen LogP contribution >= 0.6 is 0 Å². The van der Waals surface area contributed by atoms with Crippen molar-refractivity contribution in [3.8, 4) is 45.0 Å². The van der Waals surface area contributed by atoms with E-state index in [1.807, 2.05) is 33.0 Å². The Kier molecular flexibility index (Phi) is 14.8. The van der Waals surface area contributed by atoms with Crippen molar-refractivity contribution in [2.75, 3.05) is 0 Å². The third kappa shape index (κ3) is 11.5. The van der Waals surface area contributed by atoms with Crippen LogP contribution < -0.4 is 18.3 Å². The Labute approximate surface area is 461 Å². The van der Waals surface area contributed by atoms with Crippen molar-refractivity contribution in [3.63, 3.8) is 0 Å². The van der Waals surface area contributed by atoms with Gasteiger partial charge in [-0.25, -0.2) is 4.57 Å². The second-order valence-corrected chi connectivity index (χ2v) is 20.8. The number of hydrogen-bond donors (Lipinski definition) is 0. The summed E-state index contributed by atoms with van der Waals surface area (Å²) in [6.07, 6.45) is 2.08. The van der Waals surface area contributed by atoms with Crippen molar-refractivity contribution in [1.29, 1.82) is 0 Å². The Morgan fingerprint density at radius 2 is 0.688 bits per heavy atom. The molecule has 0 fully saturated rings. The zero-order valence-electron chi connectivity index (χ0n) is 50.0. The van der Waals surface area contributed by atoms with Crippen molar-refractivity contribution in [1.82, 2.24) is 0 Å². The summed E-state index contributed by atoms with van der Waals surface area (Å²) in [6, 6.07) is 72.6. The smallest absolute Gasteiger partial charge is 0.200 e. The maximum Gasteiger partial charge on any atom is 0.213 e. The molecule has 4 aromatic heterocycles. The Balaban J connectivity index is 0.000000130. The molecule has 0 aliphatic rings. The van der Waals surface area contributed by atoms with Crippen molar-refractivity contribution in [3.05, 3.63) is 263 Å². The fourth-order valence-electron chi connectivity index (χ4n) is 10.8. The van der Waals surface area contributed by atoms with Gasteiger partial charge in [0.25, 0.3) is 0 Å². The van der Waals surface area contributed by atoms with E-state index in [1.165, 1.54) is 105 Å². The van der Waals surface area contributed by atoms with Gasteiger partial charge in [0.2, 0.25) is 39.3 Å². The third-order valence-corrected chi connectivity index (χ3v) is 15.2. The molecule has 12 rings (SSSR count). The second kappa shape index (κ2) is 23.1. The molecule has 4 nitrogen and oxygen atoms in total. The van der Waals surface area contributed by atoms with Crippen LogP contribution in [0.3, 0.4) is 0 Å². The van der Waals surface area contributed by atoms with Gasteiger partial charge in [-0.05, 0) is 168 Å². The molecule has 0 unspecified atom stereocenters. The number of nitrogens with zero attached hydrogens (tertiary/aromatic N) is 4. The van der Waals surface area contributed by atoms with Gasteiger partial charge in [-0.3, -0.25) is 0 Å². The predicted molar refractivity (Wildman–Crippen MR) is 325 cm³/mol. The maximum absolute atomic E-state index is 7.78. The summed E-state index contributed by atoms with van der Waals surface area (Å²) in [4.78, 5) is 0. The summed E-state index contributed by atoms with van der Waals surface area (Å²) in [5, 5.41) is 6.15. The monoisotopic (exact) mass is 1010 g/mol. The molecule has 0 radical (unpaired) electrons. The molecule has 77 heavy (non-hydrogen) atoms. The van der Waals surface area contributed by atoms with E-state index in [4.69, 9.17) is 4.11 Å². The lowest BCUT2D eigenvalue weighted by molar-refractivity contribution is -0.659. The number of benzene rings is 8. The highest BCUT2D eigenvalue weighted by atomic mass is 14.9. The lowest BCUT2D eigenvalue weighted by Gasteiger charge is -2.10. The van der Waals surface area contributed by atoms with Gasteiger partial charge in [0.1, 0.15) is 28.2 Å². The third-order valence-electron chi connectivity index (χ3n) is 15.2. The van der Waals surface area contributed by atoms with E-state index in [0.29, 0.717) is 5.56 Å². The summed E-state index contributed by atoms with van der Waals surface area (Å²) >= 11 is 0. The van der Waals surface area contributed by atoms with E-state index in [2.05, 4.69) is 275 Å². The molecule has 0 aliphatic carbocycles. The van der Waals surface area contributed by atoms with Gasteiger partial charge < -0.3 is 0 Å². The Hall–Kier alpha value is -8.60. The lowest BCUT2D eigenvalue weighted by atomic mass is 9.96. The summed E-state index contributed by atoms with van der Waals surface area (Å²) in [5.41, 5.74) is 23.7. The quantitative estimate of drug-likeness (QED) is 0.156. The SMILES string of the molecule is Cc1cc(C)c(C)c(-c2ccc3ccccc3[n+]2C)c1.Cc1ccc(-c2ccc3ccccc3[n+]2C)c(C)c1.Cc1ccccc1-c1ccc2ccccc2[n+]1C.[2H]C([2H])([2H])c1cc(C)cc(-c2cc3ccccc3c[n+]2C)c1C. The first-order chi connectivity index (χ1) is 38.3. The molecular formula is C73H74N4+4. The molecule has 0 atom stereocenters. The number of aryl methyl sites for hydroxylation is 11. The average molecular weight is 1010 g/mol. The minimum atomic E-state index is -2.10. The van der Waals surface area contributed by atoms with Crippen LogP contribution in [0.25, 0.3) is 88.5 Å². The Morgan fingerprint density at radius 3 is 1.19 bits per heavy atom. The molecule has 0 saturated carbocycles. The van der Waals surface area contributed by atoms with Crippen molar-refractivity contribution >= 4 is 43.5 Å². The zero-order chi connectivity index (χ0) is 57.0. The minimum absolute atomic E-state index is 0.431. The molecule has 0 spiro atoms.